The molecular formula is C21H33NO4SSi. The lowest BCUT2D eigenvalue weighted by Gasteiger charge is -2.40. The van der Waals surface area contributed by atoms with Crippen LogP contribution < -0.4 is 0 Å². The van der Waals surface area contributed by atoms with Crippen molar-refractivity contribution in [2.75, 3.05) is 6.54 Å². The predicted octanol–water partition coefficient (Wildman–Crippen LogP) is 4.29. The van der Waals surface area contributed by atoms with E-state index < -0.39 is 24.4 Å². The average molecular weight is 424 g/mol. The molecule has 0 radical (unpaired) electrons. The van der Waals surface area contributed by atoms with Crippen molar-refractivity contribution < 1.29 is 17.6 Å². The molecule has 156 valence electrons. The number of hydrogen-bond acceptors (Lipinski definition) is 4. The number of nitrogens with zero attached hydrogens (tertiary/aromatic N) is 1. The number of Topliss-reactive ketones (excluding diaryl/α,β-unsaturated/α-hetero) is 1. The number of carbonyl (C=O) groups excluding carboxylic acids is 1. The predicted molar refractivity (Wildman–Crippen MR) is 115 cm³/mol. The molecule has 0 saturated carbocycles. The van der Waals surface area contributed by atoms with Gasteiger partial charge in [-0.15, -0.1) is 0 Å². The quantitative estimate of drug-likeness (QED) is 0.506. The van der Waals surface area contributed by atoms with Gasteiger partial charge in [-0.25, -0.2) is 8.42 Å². The molecule has 0 unspecified atom stereocenters. The monoisotopic (exact) mass is 423 g/mol. The summed E-state index contributed by atoms with van der Waals surface area (Å²) in [4.78, 5) is 12.4. The molecule has 1 saturated heterocycles. The second-order valence-corrected chi connectivity index (χ2v) is 15.8. The van der Waals surface area contributed by atoms with Gasteiger partial charge in [0.25, 0.3) is 0 Å². The van der Waals surface area contributed by atoms with E-state index in [1.807, 2.05) is 6.92 Å². The van der Waals surface area contributed by atoms with Gasteiger partial charge in [0.05, 0.1) is 17.0 Å². The standard InChI is InChI=1S/C21H33NO4SSi/c1-15-9-11-18(12-10-15)27(24,25)22-14-13-19(20(22)16(2)17(3)23)26-28(7,8)21(4,5)6/h9-12,19-20H,2,13-14H2,1,3-8H3/t19-,20+/m0/s1. The van der Waals surface area contributed by atoms with Gasteiger partial charge < -0.3 is 4.43 Å². The van der Waals surface area contributed by atoms with Gasteiger partial charge in [0.15, 0.2) is 14.1 Å². The van der Waals surface area contributed by atoms with Crippen molar-refractivity contribution in [2.24, 2.45) is 0 Å². The molecule has 0 N–H and O–H groups in total. The zero-order chi connectivity index (χ0) is 21.5. The molecule has 2 atom stereocenters. The van der Waals surface area contributed by atoms with E-state index in [9.17, 15) is 13.2 Å². The van der Waals surface area contributed by atoms with E-state index in [0.717, 1.165) is 5.56 Å². The Morgan fingerprint density at radius 2 is 1.75 bits per heavy atom. The van der Waals surface area contributed by atoms with Gasteiger partial charge in [0.2, 0.25) is 10.0 Å². The van der Waals surface area contributed by atoms with Crippen molar-refractivity contribution in [2.45, 2.75) is 76.2 Å². The van der Waals surface area contributed by atoms with Gasteiger partial charge in [-0.3, -0.25) is 4.79 Å². The molecule has 1 fully saturated rings. The Morgan fingerprint density at radius 1 is 1.21 bits per heavy atom. The SMILES string of the molecule is C=C(C(C)=O)[C@@H]1[C@@H](O[Si](C)(C)C(C)(C)C)CCN1S(=O)(=O)c1ccc(C)cc1. The van der Waals surface area contributed by atoms with Crippen LogP contribution in [0.15, 0.2) is 41.3 Å². The highest BCUT2D eigenvalue weighted by Gasteiger charge is 2.48. The lowest BCUT2D eigenvalue weighted by atomic mass is 10.0. The summed E-state index contributed by atoms with van der Waals surface area (Å²) in [5.74, 6) is -0.208. The Balaban J connectivity index is 2.44. The number of carbonyl (C=O) groups is 1. The van der Waals surface area contributed by atoms with Crippen molar-refractivity contribution in [3.8, 4) is 0 Å². The van der Waals surface area contributed by atoms with Gasteiger partial charge >= 0.3 is 0 Å². The van der Waals surface area contributed by atoms with Crippen LogP contribution in [0, 0.1) is 6.92 Å². The Bertz CT molecular complexity index is 853. The minimum absolute atomic E-state index is 0.0155. The molecule has 0 amide bonds. The highest BCUT2D eigenvalue weighted by atomic mass is 32.2. The van der Waals surface area contributed by atoms with Crippen LogP contribution in [-0.4, -0.2) is 45.5 Å². The van der Waals surface area contributed by atoms with E-state index in [1.54, 1.807) is 24.3 Å². The van der Waals surface area contributed by atoms with Crippen LogP contribution in [0.25, 0.3) is 0 Å². The highest BCUT2D eigenvalue weighted by molar-refractivity contribution is 7.89. The van der Waals surface area contributed by atoms with Crippen LogP contribution in [0.2, 0.25) is 18.1 Å². The van der Waals surface area contributed by atoms with Gasteiger partial charge in [-0.1, -0.05) is 45.0 Å². The minimum atomic E-state index is -3.75. The number of aryl methyl sites for hydroxylation is 1. The minimum Gasteiger partial charge on any atom is -0.412 e. The maximum atomic E-state index is 13.3. The van der Waals surface area contributed by atoms with E-state index in [-0.39, 0.29) is 27.4 Å². The van der Waals surface area contributed by atoms with Crippen LogP contribution in [0.5, 0.6) is 0 Å². The second kappa shape index (κ2) is 7.86. The molecule has 28 heavy (non-hydrogen) atoms. The molecule has 0 bridgehead atoms. The smallest absolute Gasteiger partial charge is 0.243 e. The molecular weight excluding hydrogens is 390 g/mol. The van der Waals surface area contributed by atoms with E-state index in [0.29, 0.717) is 13.0 Å². The van der Waals surface area contributed by atoms with Crippen molar-refractivity contribution in [1.29, 1.82) is 0 Å². The zero-order valence-electron chi connectivity index (χ0n) is 18.1. The zero-order valence-corrected chi connectivity index (χ0v) is 19.9. The molecule has 2 rings (SSSR count). The van der Waals surface area contributed by atoms with Crippen LogP contribution in [0.1, 0.15) is 39.7 Å². The van der Waals surface area contributed by atoms with Crippen LogP contribution in [0.4, 0.5) is 0 Å². The number of hydrogen-bond donors (Lipinski definition) is 0. The first-order valence-electron chi connectivity index (χ1n) is 9.64. The number of benzene rings is 1. The lowest BCUT2D eigenvalue weighted by molar-refractivity contribution is -0.114. The molecule has 1 heterocycles. The van der Waals surface area contributed by atoms with Crippen molar-refractivity contribution in [3.05, 3.63) is 42.0 Å². The highest BCUT2D eigenvalue weighted by Crippen LogP contribution is 2.41. The van der Waals surface area contributed by atoms with Gasteiger partial charge in [0.1, 0.15) is 0 Å². The van der Waals surface area contributed by atoms with Crippen LogP contribution >= 0.6 is 0 Å². The Hall–Kier alpha value is -1.28. The normalized spacial score (nSPS) is 21.7. The van der Waals surface area contributed by atoms with E-state index >= 15 is 0 Å². The summed E-state index contributed by atoms with van der Waals surface area (Å²) in [5, 5.41) is -0.0155. The van der Waals surface area contributed by atoms with Gasteiger partial charge in [-0.05, 0) is 50.5 Å². The molecule has 7 heteroatoms. The summed E-state index contributed by atoms with van der Waals surface area (Å²) in [7, 11) is -5.89. The summed E-state index contributed by atoms with van der Waals surface area (Å²) in [6.45, 7) is 18.3. The molecule has 0 aliphatic carbocycles. The molecule has 1 aromatic rings. The molecule has 0 spiro atoms. The van der Waals surface area contributed by atoms with E-state index in [4.69, 9.17) is 4.43 Å². The van der Waals surface area contributed by atoms with Gasteiger partial charge in [0, 0.05) is 12.1 Å². The summed E-state index contributed by atoms with van der Waals surface area (Å²) >= 11 is 0. The maximum Gasteiger partial charge on any atom is 0.243 e. The Labute approximate surface area is 171 Å². The molecule has 1 aromatic carbocycles. The van der Waals surface area contributed by atoms with Crippen molar-refractivity contribution >= 4 is 24.1 Å². The summed E-state index contributed by atoms with van der Waals surface area (Å²) in [5.41, 5.74) is 1.28. The van der Waals surface area contributed by atoms with E-state index in [2.05, 4.69) is 40.4 Å². The third-order valence-electron chi connectivity index (χ3n) is 5.99. The summed E-state index contributed by atoms with van der Waals surface area (Å²) < 4.78 is 34.6. The number of ketones is 1. The Kier molecular flexibility index (Phi) is 6.45. The fourth-order valence-electron chi connectivity index (χ4n) is 3.14. The van der Waals surface area contributed by atoms with Crippen molar-refractivity contribution in [3.63, 3.8) is 0 Å². The molecule has 0 aromatic heterocycles. The number of sulfonamides is 1. The fraction of sp³-hybridized carbons (Fsp3) is 0.571. The first kappa shape index (κ1) is 23.0. The fourth-order valence-corrected chi connectivity index (χ4v) is 6.15. The summed E-state index contributed by atoms with van der Waals surface area (Å²) in [6.07, 6.45) is 0.187. The van der Waals surface area contributed by atoms with Crippen molar-refractivity contribution in [1.82, 2.24) is 4.31 Å². The third kappa shape index (κ3) is 4.48. The average Bonchev–Trinajstić information content (AvgIpc) is 2.96. The second-order valence-electron chi connectivity index (χ2n) is 9.16. The van der Waals surface area contributed by atoms with Crippen LogP contribution in [-0.2, 0) is 19.2 Å². The third-order valence-corrected chi connectivity index (χ3v) is 12.4. The van der Waals surface area contributed by atoms with Crippen LogP contribution in [0.3, 0.4) is 0 Å². The first-order valence-corrected chi connectivity index (χ1v) is 14.0. The topological polar surface area (TPSA) is 63.7 Å². The first-order chi connectivity index (χ1) is 12.7. The van der Waals surface area contributed by atoms with E-state index in [1.165, 1.54) is 11.2 Å². The molecule has 1 aliphatic heterocycles. The number of rotatable bonds is 6. The molecule has 5 nitrogen and oxygen atoms in total. The molecule has 1 aliphatic rings. The van der Waals surface area contributed by atoms with Gasteiger partial charge in [-0.2, -0.15) is 4.31 Å². The lowest BCUT2D eigenvalue weighted by Crippen LogP contribution is -2.49. The largest absolute Gasteiger partial charge is 0.412 e. The Morgan fingerprint density at radius 3 is 2.21 bits per heavy atom. The maximum absolute atomic E-state index is 13.3. The summed E-state index contributed by atoms with van der Waals surface area (Å²) in [6, 6.07) is 6.11.